The number of rotatable bonds is 4. The molecule has 1 unspecified atom stereocenters. The first-order valence-electron chi connectivity index (χ1n) is 8.11. The van der Waals surface area contributed by atoms with Crippen LogP contribution in [0.25, 0.3) is 0 Å². The lowest BCUT2D eigenvalue weighted by Gasteiger charge is -2.20. The van der Waals surface area contributed by atoms with Gasteiger partial charge in [0.2, 0.25) is 5.91 Å². The molecule has 0 saturated heterocycles. The van der Waals surface area contributed by atoms with Crippen LogP contribution in [0, 0.1) is 11.6 Å². The highest BCUT2D eigenvalue weighted by Crippen LogP contribution is 2.26. The molecule has 0 saturated carbocycles. The maximum absolute atomic E-state index is 14.5. The van der Waals surface area contributed by atoms with Gasteiger partial charge in [0.15, 0.2) is 0 Å². The van der Waals surface area contributed by atoms with E-state index < -0.39 is 0 Å². The number of halogens is 3. The minimum Gasteiger partial charge on any atom is -0.324 e. The van der Waals surface area contributed by atoms with Gasteiger partial charge < -0.3 is 10.6 Å². The van der Waals surface area contributed by atoms with Crippen molar-refractivity contribution >= 4 is 24.0 Å². The van der Waals surface area contributed by atoms with Crippen molar-refractivity contribution in [3.63, 3.8) is 0 Å². The van der Waals surface area contributed by atoms with Crippen LogP contribution in [0.15, 0.2) is 36.4 Å². The van der Waals surface area contributed by atoms with Crippen LogP contribution in [-0.2, 0) is 17.8 Å². The Bertz CT molecular complexity index is 750. The van der Waals surface area contributed by atoms with Gasteiger partial charge in [-0.25, -0.2) is 8.78 Å². The summed E-state index contributed by atoms with van der Waals surface area (Å²) in [7, 11) is 0. The lowest BCUT2D eigenvalue weighted by atomic mass is 9.97. The normalized spacial score (nSPS) is 14.2. The highest BCUT2D eigenvalue weighted by atomic mass is 35.5. The first-order chi connectivity index (χ1) is 11.5. The van der Waals surface area contributed by atoms with Crippen LogP contribution in [0.5, 0.6) is 0 Å². The van der Waals surface area contributed by atoms with Gasteiger partial charge in [0.1, 0.15) is 11.6 Å². The number of carbonyl (C=O) groups excluding carboxylic acids is 1. The van der Waals surface area contributed by atoms with Crippen molar-refractivity contribution in [2.75, 3.05) is 11.9 Å². The average Bonchev–Trinajstić information content (AvgIpc) is 2.58. The zero-order valence-corrected chi connectivity index (χ0v) is 14.8. The molecule has 3 nitrogen and oxygen atoms in total. The number of nitrogens with one attached hydrogen (secondary N) is 2. The summed E-state index contributed by atoms with van der Waals surface area (Å²) in [5.74, 6) is -0.965. The quantitative estimate of drug-likeness (QED) is 0.852. The molecule has 1 aliphatic heterocycles. The number of amides is 1. The molecule has 1 amide bonds. The maximum atomic E-state index is 14.5. The van der Waals surface area contributed by atoms with Crippen molar-refractivity contribution in [3.8, 4) is 0 Å². The molecule has 3 rings (SSSR count). The number of benzene rings is 2. The summed E-state index contributed by atoms with van der Waals surface area (Å²) in [4.78, 5) is 12.2. The number of fused-ring (bicyclic) bond motifs is 1. The van der Waals surface area contributed by atoms with Crippen molar-refractivity contribution in [2.24, 2.45) is 0 Å². The van der Waals surface area contributed by atoms with E-state index in [2.05, 4.69) is 10.6 Å². The molecule has 0 aliphatic carbocycles. The fourth-order valence-corrected chi connectivity index (χ4v) is 3.02. The number of carbonyl (C=O) groups is 1. The lowest BCUT2D eigenvalue weighted by Crippen LogP contribution is -2.25. The summed E-state index contributed by atoms with van der Waals surface area (Å²) >= 11 is 0. The Hall–Kier alpha value is -1.98. The summed E-state index contributed by atoms with van der Waals surface area (Å²) in [6, 6.07) is 9.55. The fraction of sp³-hybridized carbons (Fsp3) is 0.316. The molecule has 0 radical (unpaired) electrons. The molecule has 1 atom stereocenters. The fourth-order valence-electron chi connectivity index (χ4n) is 3.02. The average molecular weight is 367 g/mol. The minimum atomic E-state index is -0.336. The predicted molar refractivity (Wildman–Crippen MR) is 97.1 cm³/mol. The van der Waals surface area contributed by atoms with E-state index in [4.69, 9.17) is 0 Å². The molecule has 0 fully saturated rings. The van der Waals surface area contributed by atoms with E-state index in [1.807, 2.05) is 13.0 Å². The highest BCUT2D eigenvalue weighted by molar-refractivity contribution is 5.91. The van der Waals surface area contributed by atoms with Crippen LogP contribution >= 0.6 is 12.4 Å². The van der Waals surface area contributed by atoms with Crippen LogP contribution in [0.2, 0.25) is 0 Å². The standard InChI is InChI=1S/C19H20F2N2O.ClH/c1-12(13-2-5-15(20)6-3-13)10-18(24)23-17-7-4-14-11-22-9-8-16(14)19(17)21;/h2-7,12,22H,8-11H2,1H3,(H,23,24);1H. The van der Waals surface area contributed by atoms with Crippen molar-refractivity contribution in [1.29, 1.82) is 0 Å². The number of hydrogen-bond acceptors (Lipinski definition) is 2. The summed E-state index contributed by atoms with van der Waals surface area (Å²) in [5, 5.41) is 5.86. The highest BCUT2D eigenvalue weighted by Gasteiger charge is 2.18. The molecular weight excluding hydrogens is 346 g/mol. The van der Waals surface area contributed by atoms with E-state index in [0.717, 1.165) is 17.7 Å². The third-order valence-corrected chi connectivity index (χ3v) is 4.41. The zero-order chi connectivity index (χ0) is 17.1. The van der Waals surface area contributed by atoms with E-state index in [1.54, 1.807) is 18.2 Å². The molecular formula is C19H21ClF2N2O. The van der Waals surface area contributed by atoms with Crippen LogP contribution in [0.1, 0.15) is 36.0 Å². The van der Waals surface area contributed by atoms with Crippen LogP contribution in [-0.4, -0.2) is 12.5 Å². The minimum absolute atomic E-state index is 0. The van der Waals surface area contributed by atoms with Crippen molar-refractivity contribution in [1.82, 2.24) is 5.32 Å². The predicted octanol–water partition coefficient (Wildman–Crippen LogP) is 4.16. The van der Waals surface area contributed by atoms with Crippen molar-refractivity contribution < 1.29 is 13.6 Å². The van der Waals surface area contributed by atoms with Gasteiger partial charge in [-0.15, -0.1) is 12.4 Å². The van der Waals surface area contributed by atoms with E-state index >= 15 is 0 Å². The molecule has 2 aromatic rings. The van der Waals surface area contributed by atoms with Crippen LogP contribution < -0.4 is 10.6 Å². The van der Waals surface area contributed by atoms with Gasteiger partial charge in [-0.05, 0) is 53.8 Å². The zero-order valence-electron chi connectivity index (χ0n) is 13.9. The molecule has 0 spiro atoms. The SMILES string of the molecule is CC(CC(=O)Nc1ccc2c(c1F)CCNC2)c1ccc(F)cc1.Cl. The Morgan fingerprint density at radius 1 is 1.20 bits per heavy atom. The maximum Gasteiger partial charge on any atom is 0.225 e. The van der Waals surface area contributed by atoms with E-state index in [0.29, 0.717) is 18.5 Å². The third kappa shape index (κ3) is 4.55. The van der Waals surface area contributed by atoms with Gasteiger partial charge in [-0.3, -0.25) is 4.79 Å². The Morgan fingerprint density at radius 2 is 1.92 bits per heavy atom. The van der Waals surface area contributed by atoms with Crippen LogP contribution in [0.4, 0.5) is 14.5 Å². The molecule has 134 valence electrons. The van der Waals surface area contributed by atoms with Crippen LogP contribution in [0.3, 0.4) is 0 Å². The van der Waals surface area contributed by atoms with Crippen molar-refractivity contribution in [2.45, 2.75) is 32.2 Å². The monoisotopic (exact) mass is 366 g/mol. The molecule has 0 bridgehead atoms. The number of anilines is 1. The molecule has 0 aromatic heterocycles. The van der Waals surface area contributed by atoms with Gasteiger partial charge in [0, 0.05) is 13.0 Å². The molecule has 6 heteroatoms. The summed E-state index contributed by atoms with van der Waals surface area (Å²) in [6.07, 6.45) is 0.834. The molecule has 2 aromatic carbocycles. The molecule has 2 N–H and O–H groups in total. The van der Waals surface area contributed by atoms with E-state index in [-0.39, 0.29) is 48.0 Å². The molecule has 1 aliphatic rings. The van der Waals surface area contributed by atoms with E-state index in [1.165, 1.54) is 12.1 Å². The summed E-state index contributed by atoms with van der Waals surface area (Å²) in [6.45, 7) is 3.28. The Balaban J connectivity index is 0.00000225. The first kappa shape index (κ1) is 19.3. The Morgan fingerprint density at radius 3 is 2.64 bits per heavy atom. The second kappa shape index (κ2) is 8.41. The van der Waals surface area contributed by atoms with Gasteiger partial charge in [-0.1, -0.05) is 25.1 Å². The topological polar surface area (TPSA) is 41.1 Å². The summed E-state index contributed by atoms with van der Waals surface area (Å²) < 4.78 is 27.5. The smallest absolute Gasteiger partial charge is 0.225 e. The van der Waals surface area contributed by atoms with Gasteiger partial charge in [0.25, 0.3) is 0 Å². The van der Waals surface area contributed by atoms with Gasteiger partial charge in [0.05, 0.1) is 5.69 Å². The van der Waals surface area contributed by atoms with Crippen molar-refractivity contribution in [3.05, 3.63) is 64.7 Å². The second-order valence-electron chi connectivity index (χ2n) is 6.20. The van der Waals surface area contributed by atoms with E-state index in [9.17, 15) is 13.6 Å². The molecule has 25 heavy (non-hydrogen) atoms. The lowest BCUT2D eigenvalue weighted by molar-refractivity contribution is -0.116. The second-order valence-corrected chi connectivity index (χ2v) is 6.20. The Kier molecular flexibility index (Phi) is 6.51. The number of hydrogen-bond donors (Lipinski definition) is 2. The third-order valence-electron chi connectivity index (χ3n) is 4.41. The largest absolute Gasteiger partial charge is 0.324 e. The molecule has 1 heterocycles. The Labute approximate surface area is 152 Å². The van der Waals surface area contributed by atoms with Gasteiger partial charge in [-0.2, -0.15) is 0 Å². The van der Waals surface area contributed by atoms with Gasteiger partial charge >= 0.3 is 0 Å². The first-order valence-corrected chi connectivity index (χ1v) is 8.11. The summed E-state index contributed by atoms with van der Waals surface area (Å²) in [5.41, 5.74) is 2.73.